The third kappa shape index (κ3) is 5.98. The van der Waals surface area contributed by atoms with Crippen molar-refractivity contribution >= 4 is 46.2 Å². The highest BCUT2D eigenvalue weighted by Gasteiger charge is 2.57. The number of nitrogens with zero attached hydrogens (tertiary/aromatic N) is 3. The number of carbonyl (C=O) groups is 2. The Morgan fingerprint density at radius 3 is 2.55 bits per heavy atom. The second-order valence-electron chi connectivity index (χ2n) is 10.5. The number of carbonyl (C=O) groups excluding carboxylic acids is 2. The van der Waals surface area contributed by atoms with Gasteiger partial charge in [0.15, 0.2) is 11.5 Å². The molecule has 42 heavy (non-hydrogen) atoms. The summed E-state index contributed by atoms with van der Waals surface area (Å²) in [4.78, 5) is 32.9. The van der Waals surface area contributed by atoms with Gasteiger partial charge in [0.1, 0.15) is 33.8 Å². The fourth-order valence-electron chi connectivity index (χ4n) is 5.05. The molecule has 16 heteroatoms. The van der Waals surface area contributed by atoms with Gasteiger partial charge in [-0.1, -0.05) is 23.2 Å². The van der Waals surface area contributed by atoms with E-state index in [1.54, 1.807) is 0 Å². The number of rotatable bonds is 8. The van der Waals surface area contributed by atoms with E-state index < -0.39 is 63.8 Å². The molecule has 3 fully saturated rings. The normalized spacial score (nSPS) is 23.0. The molecule has 2 aliphatic heterocycles. The molecule has 224 valence electrons. The average molecular weight is 648 g/mol. The summed E-state index contributed by atoms with van der Waals surface area (Å²) in [5.41, 5.74) is -2.64. The first kappa shape index (κ1) is 30.6. The van der Waals surface area contributed by atoms with E-state index >= 15 is 0 Å². The minimum absolute atomic E-state index is 0.0311. The molecule has 2 unspecified atom stereocenters. The van der Waals surface area contributed by atoms with Gasteiger partial charge < -0.3 is 24.8 Å². The minimum atomic E-state index is -4.56. The first-order chi connectivity index (χ1) is 19.8. The maximum atomic E-state index is 15.0. The molecule has 1 saturated carbocycles. The maximum absolute atomic E-state index is 15.0. The van der Waals surface area contributed by atoms with Gasteiger partial charge in [-0.15, -0.1) is 0 Å². The van der Waals surface area contributed by atoms with Crippen molar-refractivity contribution in [2.24, 2.45) is 0 Å². The smallest absolute Gasteiger partial charge is 0.422 e. The number of alkyl halides is 3. The van der Waals surface area contributed by atoms with Crippen LogP contribution >= 0.6 is 23.2 Å². The van der Waals surface area contributed by atoms with Gasteiger partial charge in [-0.3, -0.25) is 14.6 Å². The Kier molecular flexibility index (Phi) is 8.27. The number of hydrogen-bond acceptors (Lipinski definition) is 7. The van der Waals surface area contributed by atoms with Crippen molar-refractivity contribution in [3.63, 3.8) is 0 Å². The molecule has 1 aromatic carbocycles. The molecular formula is C26H23Cl2F4N5O4S. The van der Waals surface area contributed by atoms with Crippen molar-refractivity contribution in [1.82, 2.24) is 20.5 Å². The maximum Gasteiger partial charge on any atom is 0.422 e. The number of hydrogen-bond donors (Lipinski definition) is 2. The highest BCUT2D eigenvalue weighted by atomic mass is 35.5. The number of ether oxygens (including phenoxy) is 1. The van der Waals surface area contributed by atoms with E-state index in [-0.39, 0.29) is 52.4 Å². The molecule has 5 rings (SSSR count). The highest BCUT2D eigenvalue weighted by molar-refractivity contribution is 7.92. The predicted octanol–water partition coefficient (Wildman–Crippen LogP) is 3.26. The number of nitrogens with one attached hydrogen (secondary N) is 2. The van der Waals surface area contributed by atoms with Crippen LogP contribution in [0.4, 0.5) is 17.6 Å². The van der Waals surface area contributed by atoms with Crippen molar-refractivity contribution in [2.75, 3.05) is 26.2 Å². The Bertz CT molecular complexity index is 1450. The van der Waals surface area contributed by atoms with Gasteiger partial charge in [0.2, 0.25) is 11.8 Å². The highest BCUT2D eigenvalue weighted by Crippen LogP contribution is 2.40. The average Bonchev–Trinajstić information content (AvgIpc) is 3.52. The molecule has 3 aliphatic rings. The van der Waals surface area contributed by atoms with Crippen LogP contribution in [0.3, 0.4) is 0 Å². The van der Waals surface area contributed by atoms with Gasteiger partial charge in [0.25, 0.3) is 0 Å². The van der Waals surface area contributed by atoms with E-state index in [1.807, 2.05) is 0 Å². The van der Waals surface area contributed by atoms with Crippen LogP contribution in [0.1, 0.15) is 25.0 Å². The molecule has 3 heterocycles. The summed E-state index contributed by atoms with van der Waals surface area (Å²) in [5.74, 6) is -2.20. The summed E-state index contributed by atoms with van der Waals surface area (Å²) in [6.07, 6.45) is -2.54. The lowest BCUT2D eigenvalue weighted by Gasteiger charge is -2.43. The summed E-state index contributed by atoms with van der Waals surface area (Å²) < 4.78 is 70.9. The summed E-state index contributed by atoms with van der Waals surface area (Å²) in [5, 5.41) is 14.2. The lowest BCUT2D eigenvalue weighted by molar-refractivity contribution is -0.153. The van der Waals surface area contributed by atoms with Crippen LogP contribution in [0, 0.1) is 17.1 Å². The molecule has 0 bridgehead atoms. The number of nitriles is 1. The van der Waals surface area contributed by atoms with E-state index in [2.05, 4.69) is 21.7 Å². The van der Waals surface area contributed by atoms with Crippen LogP contribution in [0.5, 0.6) is 5.75 Å². The molecule has 0 radical (unpaired) electrons. The molecule has 0 spiro atoms. The number of benzene rings is 1. The molecule has 2 amide bonds. The van der Waals surface area contributed by atoms with E-state index in [0.29, 0.717) is 12.8 Å². The topological polar surface area (TPSA) is 130 Å². The third-order valence-corrected chi connectivity index (χ3v) is 9.87. The third-order valence-electron chi connectivity index (χ3n) is 7.50. The quantitative estimate of drug-likeness (QED) is 0.332. The lowest BCUT2D eigenvalue weighted by atomic mass is 9.76. The molecule has 3 atom stereocenters. The van der Waals surface area contributed by atoms with Gasteiger partial charge in [0, 0.05) is 31.8 Å². The van der Waals surface area contributed by atoms with Crippen molar-refractivity contribution in [1.29, 1.82) is 5.26 Å². The van der Waals surface area contributed by atoms with Crippen molar-refractivity contribution in [3.8, 4) is 11.8 Å². The van der Waals surface area contributed by atoms with Gasteiger partial charge in [-0.05, 0) is 42.2 Å². The van der Waals surface area contributed by atoms with Crippen LogP contribution in [-0.2, 0) is 26.2 Å². The van der Waals surface area contributed by atoms with Crippen molar-refractivity contribution in [3.05, 3.63) is 52.0 Å². The van der Waals surface area contributed by atoms with E-state index in [4.69, 9.17) is 27.9 Å². The SMILES string of the molecule is N#CC1(NC(=O)[C@@H]2CC([S+]([O-])c3ccc(OCC(F)(F)F)cc3Cl)CN2C(=O)C2(c3ncc(Cl)cc3F)CNC2)CC1. The van der Waals surface area contributed by atoms with Gasteiger partial charge in [-0.2, -0.15) is 18.4 Å². The fourth-order valence-corrected chi connectivity index (χ4v) is 7.06. The minimum Gasteiger partial charge on any atom is -0.611 e. The zero-order valence-electron chi connectivity index (χ0n) is 21.6. The lowest BCUT2D eigenvalue weighted by Crippen LogP contribution is -2.67. The monoisotopic (exact) mass is 647 g/mol. The largest absolute Gasteiger partial charge is 0.611 e. The van der Waals surface area contributed by atoms with Crippen LogP contribution in [0.2, 0.25) is 10.0 Å². The van der Waals surface area contributed by atoms with Gasteiger partial charge in [0.05, 0.1) is 28.4 Å². The molecular weight excluding hydrogens is 625 g/mol. The van der Waals surface area contributed by atoms with Crippen LogP contribution < -0.4 is 15.4 Å². The van der Waals surface area contributed by atoms with E-state index in [1.165, 1.54) is 23.2 Å². The number of likely N-dealkylation sites (tertiary alicyclic amines) is 1. The Morgan fingerprint density at radius 1 is 1.29 bits per heavy atom. The summed E-state index contributed by atoms with van der Waals surface area (Å²) in [6.45, 7) is -1.65. The Hall–Kier alpha value is -2.83. The molecule has 1 aromatic heterocycles. The zero-order valence-corrected chi connectivity index (χ0v) is 24.0. The molecule has 2 saturated heterocycles. The van der Waals surface area contributed by atoms with Crippen molar-refractivity contribution in [2.45, 2.75) is 52.6 Å². The Morgan fingerprint density at radius 2 is 2.00 bits per heavy atom. The molecule has 2 aromatic rings. The standard InChI is InChI=1S/C26H23Cl2F4N5O4S/c27-14-5-18(29)21(35-8-14)25(11-34-12-25)23(39)37-9-16(7-19(37)22(38)36-24(10-33)3-4-24)42(40)20-2-1-15(6-17(20)28)41-13-26(30,31)32/h1-2,5-6,8,16,19,34H,3-4,7,9,11-13H2,(H,36,38)/t16?,19-,42?/m0/s1. The first-order valence-corrected chi connectivity index (χ1v) is 14.7. The number of amides is 2. The fraction of sp³-hybridized carbons (Fsp3) is 0.462. The summed E-state index contributed by atoms with van der Waals surface area (Å²) >= 11 is 10.2. The molecule has 2 N–H and O–H groups in total. The van der Waals surface area contributed by atoms with Gasteiger partial charge >= 0.3 is 6.18 Å². The van der Waals surface area contributed by atoms with E-state index in [0.717, 1.165) is 12.1 Å². The number of halogens is 6. The van der Waals surface area contributed by atoms with Gasteiger partial charge in [-0.25, -0.2) is 4.39 Å². The van der Waals surface area contributed by atoms with Crippen LogP contribution in [-0.4, -0.2) is 75.5 Å². The van der Waals surface area contributed by atoms with Crippen LogP contribution in [0.25, 0.3) is 0 Å². The first-order valence-electron chi connectivity index (χ1n) is 12.7. The zero-order chi connectivity index (χ0) is 30.4. The summed E-state index contributed by atoms with van der Waals surface area (Å²) in [6, 6.07) is 5.52. The van der Waals surface area contributed by atoms with Crippen LogP contribution in [0.15, 0.2) is 35.4 Å². The Balaban J connectivity index is 1.42. The molecule has 1 aliphatic carbocycles. The molecule has 9 nitrogen and oxygen atoms in total. The van der Waals surface area contributed by atoms with E-state index in [9.17, 15) is 37.0 Å². The number of aromatic nitrogens is 1. The number of pyridine rings is 1. The van der Waals surface area contributed by atoms with Crippen molar-refractivity contribution < 1.29 is 36.4 Å². The predicted molar refractivity (Wildman–Crippen MR) is 143 cm³/mol. The second-order valence-corrected chi connectivity index (χ2v) is 13.0. The second kappa shape index (κ2) is 11.3. The summed E-state index contributed by atoms with van der Waals surface area (Å²) in [7, 11) is 0. The Labute approximate surface area is 250 Å².